The van der Waals surface area contributed by atoms with E-state index in [-0.39, 0.29) is 5.54 Å². The van der Waals surface area contributed by atoms with Crippen molar-refractivity contribution >= 4 is 17.3 Å². The molecule has 1 spiro atoms. The maximum Gasteiger partial charge on any atom is 0.171 e. The van der Waals surface area contributed by atoms with Gasteiger partial charge < -0.3 is 15.3 Å². The molecule has 3 nitrogen and oxygen atoms in total. The highest BCUT2D eigenvalue weighted by Crippen LogP contribution is 2.50. The number of fused-ring (bicyclic) bond motifs is 2. The van der Waals surface area contributed by atoms with Crippen LogP contribution in [0.1, 0.15) is 63.4 Å². The molecule has 2 N–H and O–H groups in total. The third-order valence-corrected chi connectivity index (χ3v) is 7.12. The lowest BCUT2D eigenvalue weighted by atomic mass is 9.62. The third-order valence-electron chi connectivity index (χ3n) is 6.79. The van der Waals surface area contributed by atoms with Crippen LogP contribution in [0.4, 0.5) is 0 Å². The molecule has 136 valence electrons. The Morgan fingerprint density at radius 1 is 1.04 bits per heavy atom. The maximum absolute atomic E-state index is 11.8. The number of nitrogens with one attached hydrogen (secondary N) is 1. The van der Waals surface area contributed by atoms with Crippen molar-refractivity contribution in [2.75, 3.05) is 6.54 Å². The lowest BCUT2D eigenvalue weighted by Gasteiger charge is -2.61. The zero-order valence-electron chi connectivity index (χ0n) is 15.0. The molecular formula is C21H30N2OS. The van der Waals surface area contributed by atoms with Crippen molar-refractivity contribution in [1.82, 2.24) is 10.2 Å². The summed E-state index contributed by atoms with van der Waals surface area (Å²) >= 11 is 5.79. The van der Waals surface area contributed by atoms with Gasteiger partial charge in [-0.2, -0.15) is 0 Å². The predicted molar refractivity (Wildman–Crippen MR) is 105 cm³/mol. The molecule has 1 saturated heterocycles. The minimum Gasteiger partial charge on any atom is -0.370 e. The molecule has 4 rings (SSSR count). The SMILES string of the molecule is O[C@@]12CCCC[C@@H]1C1(CCCCC1)NC(=S)N2CCc1ccccc1. The summed E-state index contributed by atoms with van der Waals surface area (Å²) in [5.41, 5.74) is 0.583. The smallest absolute Gasteiger partial charge is 0.171 e. The first-order chi connectivity index (χ1) is 12.1. The number of aliphatic hydroxyl groups is 1. The van der Waals surface area contributed by atoms with Gasteiger partial charge in [0.15, 0.2) is 5.11 Å². The Morgan fingerprint density at radius 2 is 1.76 bits per heavy atom. The van der Waals surface area contributed by atoms with Crippen LogP contribution in [0.15, 0.2) is 30.3 Å². The van der Waals surface area contributed by atoms with Crippen LogP contribution in [-0.4, -0.2) is 32.9 Å². The van der Waals surface area contributed by atoms with E-state index in [2.05, 4.69) is 34.5 Å². The molecule has 1 aliphatic heterocycles. The van der Waals surface area contributed by atoms with E-state index in [4.69, 9.17) is 12.2 Å². The fourth-order valence-electron chi connectivity index (χ4n) is 5.56. The van der Waals surface area contributed by atoms with Gasteiger partial charge in [0.1, 0.15) is 5.72 Å². The fraction of sp³-hybridized carbons (Fsp3) is 0.667. The second-order valence-corrected chi connectivity index (χ2v) is 8.60. The van der Waals surface area contributed by atoms with Gasteiger partial charge in [-0.25, -0.2) is 0 Å². The van der Waals surface area contributed by atoms with Crippen LogP contribution in [0.25, 0.3) is 0 Å². The molecule has 0 radical (unpaired) electrons. The van der Waals surface area contributed by atoms with Gasteiger partial charge in [0.25, 0.3) is 0 Å². The zero-order chi connectivity index (χ0) is 17.3. The van der Waals surface area contributed by atoms with Crippen molar-refractivity contribution in [1.29, 1.82) is 0 Å². The van der Waals surface area contributed by atoms with Crippen LogP contribution >= 0.6 is 12.2 Å². The monoisotopic (exact) mass is 358 g/mol. The van der Waals surface area contributed by atoms with E-state index in [1.54, 1.807) is 0 Å². The van der Waals surface area contributed by atoms with Gasteiger partial charge in [0.05, 0.1) is 0 Å². The van der Waals surface area contributed by atoms with E-state index in [0.29, 0.717) is 5.92 Å². The first-order valence-corrected chi connectivity index (χ1v) is 10.4. The highest BCUT2D eigenvalue weighted by atomic mass is 32.1. The predicted octanol–water partition coefficient (Wildman–Crippen LogP) is 4.00. The molecule has 0 bridgehead atoms. The van der Waals surface area contributed by atoms with Gasteiger partial charge in [0, 0.05) is 18.0 Å². The summed E-state index contributed by atoms with van der Waals surface area (Å²) in [7, 11) is 0. The Morgan fingerprint density at radius 3 is 2.52 bits per heavy atom. The first-order valence-electron chi connectivity index (χ1n) is 10.0. The topological polar surface area (TPSA) is 35.5 Å². The average Bonchev–Trinajstić information content (AvgIpc) is 2.63. The number of hydrogen-bond acceptors (Lipinski definition) is 2. The van der Waals surface area contributed by atoms with E-state index in [1.165, 1.54) is 31.2 Å². The molecule has 0 amide bonds. The summed E-state index contributed by atoms with van der Waals surface area (Å²) in [4.78, 5) is 2.12. The van der Waals surface area contributed by atoms with Crippen LogP contribution in [0.3, 0.4) is 0 Å². The zero-order valence-corrected chi connectivity index (χ0v) is 15.9. The molecule has 1 heterocycles. The largest absolute Gasteiger partial charge is 0.370 e. The van der Waals surface area contributed by atoms with Gasteiger partial charge in [-0.05, 0) is 56.3 Å². The maximum atomic E-state index is 11.8. The molecule has 2 aliphatic carbocycles. The number of benzene rings is 1. The summed E-state index contributed by atoms with van der Waals surface area (Å²) in [5.74, 6) is 0.302. The summed E-state index contributed by atoms with van der Waals surface area (Å²) in [6, 6.07) is 10.5. The number of thiocarbonyl (C=S) groups is 1. The number of hydrogen-bond donors (Lipinski definition) is 2. The van der Waals surface area contributed by atoms with Crippen LogP contribution in [0.5, 0.6) is 0 Å². The Hall–Kier alpha value is -1.13. The van der Waals surface area contributed by atoms with Crippen LogP contribution in [0.2, 0.25) is 0 Å². The molecule has 3 aliphatic rings. The molecule has 0 unspecified atom stereocenters. The Bertz CT molecular complexity index is 614. The van der Waals surface area contributed by atoms with Crippen molar-refractivity contribution < 1.29 is 5.11 Å². The van der Waals surface area contributed by atoms with Crippen LogP contribution < -0.4 is 5.32 Å². The quantitative estimate of drug-likeness (QED) is 0.801. The van der Waals surface area contributed by atoms with Crippen molar-refractivity contribution in [3.8, 4) is 0 Å². The number of nitrogens with zero attached hydrogens (tertiary/aromatic N) is 1. The molecule has 2 atom stereocenters. The Balaban J connectivity index is 1.58. The fourth-order valence-corrected chi connectivity index (χ4v) is 6.01. The van der Waals surface area contributed by atoms with Gasteiger partial charge >= 0.3 is 0 Å². The van der Waals surface area contributed by atoms with Gasteiger partial charge in [-0.3, -0.25) is 0 Å². The molecule has 4 heteroatoms. The van der Waals surface area contributed by atoms with E-state index in [9.17, 15) is 5.11 Å². The standard InChI is InChI=1S/C21H30N2OS/c24-21-15-8-5-11-18(21)20(13-6-2-7-14-20)22-19(25)23(21)16-12-17-9-3-1-4-10-17/h1,3-4,9-10,18,24H,2,5-8,11-16H2,(H,22,25)/t18-,21+/m1/s1. The Labute approximate surface area is 156 Å². The highest BCUT2D eigenvalue weighted by molar-refractivity contribution is 7.80. The summed E-state index contributed by atoms with van der Waals surface area (Å²) < 4.78 is 0. The van der Waals surface area contributed by atoms with E-state index in [1.807, 2.05) is 6.07 Å². The lowest BCUT2D eigenvalue weighted by molar-refractivity contribution is -0.181. The summed E-state index contributed by atoms with van der Waals surface area (Å²) in [6.07, 6.45) is 11.4. The van der Waals surface area contributed by atoms with Crippen molar-refractivity contribution in [2.45, 2.75) is 75.5 Å². The van der Waals surface area contributed by atoms with E-state index < -0.39 is 5.72 Å². The molecule has 25 heavy (non-hydrogen) atoms. The molecule has 1 aromatic rings. The minimum atomic E-state index is -0.757. The van der Waals surface area contributed by atoms with Gasteiger partial charge in [-0.1, -0.05) is 56.0 Å². The average molecular weight is 359 g/mol. The van der Waals surface area contributed by atoms with E-state index >= 15 is 0 Å². The van der Waals surface area contributed by atoms with E-state index in [0.717, 1.165) is 50.2 Å². The molecular weight excluding hydrogens is 328 g/mol. The van der Waals surface area contributed by atoms with Gasteiger partial charge in [-0.15, -0.1) is 0 Å². The van der Waals surface area contributed by atoms with Gasteiger partial charge in [0.2, 0.25) is 0 Å². The van der Waals surface area contributed by atoms with Crippen molar-refractivity contribution in [3.05, 3.63) is 35.9 Å². The second kappa shape index (κ2) is 6.88. The van der Waals surface area contributed by atoms with Crippen molar-refractivity contribution in [2.24, 2.45) is 5.92 Å². The van der Waals surface area contributed by atoms with Crippen LogP contribution in [-0.2, 0) is 6.42 Å². The minimum absolute atomic E-state index is 0.0355. The molecule has 0 aromatic heterocycles. The molecule has 1 aromatic carbocycles. The van der Waals surface area contributed by atoms with Crippen molar-refractivity contribution in [3.63, 3.8) is 0 Å². The third kappa shape index (κ3) is 3.08. The highest BCUT2D eigenvalue weighted by Gasteiger charge is 2.58. The second-order valence-electron chi connectivity index (χ2n) is 8.21. The Kier molecular flexibility index (Phi) is 4.76. The lowest BCUT2D eigenvalue weighted by Crippen LogP contribution is -2.75. The number of rotatable bonds is 3. The molecule has 3 fully saturated rings. The normalized spacial score (nSPS) is 31.5. The molecule has 2 saturated carbocycles. The summed E-state index contributed by atoms with van der Waals surface area (Å²) in [5, 5.41) is 16.3. The van der Waals surface area contributed by atoms with Crippen LogP contribution in [0, 0.1) is 5.92 Å². The summed E-state index contributed by atoms with van der Waals surface area (Å²) in [6.45, 7) is 0.791. The first kappa shape index (κ1) is 17.3.